The Balaban J connectivity index is 1.23. The van der Waals surface area contributed by atoms with Crippen molar-refractivity contribution in [1.82, 2.24) is 10.2 Å². The lowest BCUT2D eigenvalue weighted by molar-refractivity contribution is -0.121. The number of benzene rings is 2. The average Bonchev–Trinajstić information content (AvgIpc) is 3.13. The highest BCUT2D eigenvalue weighted by molar-refractivity contribution is 6.30. The Bertz CT molecular complexity index is 798. The zero-order chi connectivity index (χ0) is 18.6. The van der Waals surface area contributed by atoms with E-state index in [-0.39, 0.29) is 11.9 Å². The topological polar surface area (TPSA) is 41.6 Å². The fourth-order valence-corrected chi connectivity index (χ4v) is 4.02. The maximum atomic E-state index is 12.4. The van der Waals surface area contributed by atoms with Gasteiger partial charge in [0.05, 0.1) is 13.0 Å². The molecule has 0 saturated carbocycles. The minimum absolute atomic E-state index is 0.116. The summed E-state index contributed by atoms with van der Waals surface area (Å²) in [5.74, 6) is 1.08. The maximum absolute atomic E-state index is 12.4. The molecular weight excluding hydrogens is 360 g/mol. The molecule has 0 radical (unpaired) electrons. The third kappa shape index (κ3) is 4.82. The minimum Gasteiger partial charge on any atom is -0.493 e. The van der Waals surface area contributed by atoms with Crippen LogP contribution < -0.4 is 10.1 Å². The Morgan fingerprint density at radius 2 is 1.85 bits per heavy atom. The lowest BCUT2D eigenvalue weighted by atomic mass is 10.0. The zero-order valence-electron chi connectivity index (χ0n) is 15.4. The van der Waals surface area contributed by atoms with Crippen LogP contribution in [0.3, 0.4) is 0 Å². The summed E-state index contributed by atoms with van der Waals surface area (Å²) in [6, 6.07) is 14.4. The summed E-state index contributed by atoms with van der Waals surface area (Å²) in [6.07, 6.45) is 3.38. The van der Waals surface area contributed by atoms with Crippen molar-refractivity contribution >= 4 is 17.5 Å². The second-order valence-electron chi connectivity index (χ2n) is 7.46. The monoisotopic (exact) mass is 384 g/mol. The van der Waals surface area contributed by atoms with Gasteiger partial charge in [-0.1, -0.05) is 35.9 Å². The van der Waals surface area contributed by atoms with Crippen LogP contribution in [0.25, 0.3) is 0 Å². The molecule has 4 nitrogen and oxygen atoms in total. The number of carbonyl (C=O) groups is 1. The van der Waals surface area contributed by atoms with Crippen LogP contribution in [0.1, 0.15) is 29.5 Å². The van der Waals surface area contributed by atoms with E-state index in [1.807, 2.05) is 24.3 Å². The van der Waals surface area contributed by atoms with Crippen molar-refractivity contribution in [3.63, 3.8) is 0 Å². The van der Waals surface area contributed by atoms with Gasteiger partial charge in [0, 0.05) is 37.1 Å². The standard InChI is InChI=1S/C22H25ClN2O2/c23-19-4-1-16(2-5-19)15-25-10-7-20(8-11-25)24-22(26)14-17-3-6-21-18(13-17)9-12-27-21/h1-6,13,20H,7-12,14-15H2,(H,24,26). The summed E-state index contributed by atoms with van der Waals surface area (Å²) in [5, 5.41) is 3.99. The van der Waals surface area contributed by atoms with E-state index in [4.69, 9.17) is 16.3 Å². The smallest absolute Gasteiger partial charge is 0.224 e. The highest BCUT2D eigenvalue weighted by Gasteiger charge is 2.21. The molecule has 1 N–H and O–H groups in total. The minimum atomic E-state index is 0.116. The molecule has 2 aromatic rings. The molecule has 0 unspecified atom stereocenters. The number of nitrogens with zero attached hydrogens (tertiary/aromatic N) is 1. The molecule has 2 heterocycles. The van der Waals surface area contributed by atoms with Crippen molar-refractivity contribution in [2.24, 2.45) is 0 Å². The molecule has 0 spiro atoms. The normalized spacial score (nSPS) is 17.4. The zero-order valence-corrected chi connectivity index (χ0v) is 16.2. The molecule has 142 valence electrons. The summed E-state index contributed by atoms with van der Waals surface area (Å²) < 4.78 is 5.53. The Kier molecular flexibility index (Phi) is 5.65. The number of rotatable bonds is 5. The van der Waals surface area contributed by atoms with Crippen LogP contribution >= 0.6 is 11.6 Å². The van der Waals surface area contributed by atoms with E-state index in [2.05, 4.69) is 28.4 Å². The molecule has 4 rings (SSSR count). The summed E-state index contributed by atoms with van der Waals surface area (Å²) in [6.45, 7) is 3.70. The van der Waals surface area contributed by atoms with Crippen LogP contribution in [0.5, 0.6) is 5.75 Å². The van der Waals surface area contributed by atoms with Gasteiger partial charge in [-0.15, -0.1) is 0 Å². The SMILES string of the molecule is O=C(Cc1ccc2c(c1)CCO2)NC1CCN(Cc2ccc(Cl)cc2)CC1. The van der Waals surface area contributed by atoms with Gasteiger partial charge in [-0.05, 0) is 47.7 Å². The first-order valence-electron chi connectivity index (χ1n) is 9.66. The first-order valence-corrected chi connectivity index (χ1v) is 10.0. The molecule has 2 aromatic carbocycles. The second-order valence-corrected chi connectivity index (χ2v) is 7.90. The number of nitrogens with one attached hydrogen (secondary N) is 1. The van der Waals surface area contributed by atoms with Gasteiger partial charge in [0.2, 0.25) is 5.91 Å². The van der Waals surface area contributed by atoms with Crippen LogP contribution in [0.4, 0.5) is 0 Å². The predicted octanol–water partition coefficient (Wildman–Crippen LogP) is 3.60. The lowest BCUT2D eigenvalue weighted by Gasteiger charge is -2.32. The second kappa shape index (κ2) is 8.32. The molecule has 1 fully saturated rings. The molecule has 1 saturated heterocycles. The summed E-state index contributed by atoms with van der Waals surface area (Å²) in [7, 11) is 0. The number of likely N-dealkylation sites (tertiary alicyclic amines) is 1. The van der Waals surface area contributed by atoms with Gasteiger partial charge in [-0.2, -0.15) is 0 Å². The molecule has 0 aliphatic carbocycles. The van der Waals surface area contributed by atoms with E-state index in [9.17, 15) is 4.79 Å². The van der Waals surface area contributed by atoms with Gasteiger partial charge in [-0.25, -0.2) is 0 Å². The van der Waals surface area contributed by atoms with Crippen molar-refractivity contribution in [2.45, 2.75) is 38.3 Å². The molecule has 1 amide bonds. The quantitative estimate of drug-likeness (QED) is 0.856. The first-order chi connectivity index (χ1) is 13.2. The molecule has 2 aliphatic rings. The highest BCUT2D eigenvalue weighted by Crippen LogP contribution is 2.26. The fraction of sp³-hybridized carbons (Fsp3) is 0.409. The number of hydrogen-bond acceptors (Lipinski definition) is 3. The van der Waals surface area contributed by atoms with Crippen LogP contribution in [0.2, 0.25) is 5.02 Å². The summed E-state index contributed by atoms with van der Waals surface area (Å²) in [5.41, 5.74) is 3.57. The van der Waals surface area contributed by atoms with Gasteiger partial charge >= 0.3 is 0 Å². The Morgan fingerprint density at radius 3 is 2.63 bits per heavy atom. The lowest BCUT2D eigenvalue weighted by Crippen LogP contribution is -2.44. The number of amides is 1. The molecule has 5 heteroatoms. The van der Waals surface area contributed by atoms with E-state index in [0.717, 1.165) is 61.8 Å². The van der Waals surface area contributed by atoms with Crippen molar-refractivity contribution < 1.29 is 9.53 Å². The number of piperidine rings is 1. The molecule has 0 aromatic heterocycles. The predicted molar refractivity (Wildman–Crippen MR) is 107 cm³/mol. The third-order valence-electron chi connectivity index (χ3n) is 5.39. The number of ether oxygens (including phenoxy) is 1. The van der Waals surface area contributed by atoms with Gasteiger partial charge in [0.15, 0.2) is 0 Å². The Hall–Kier alpha value is -2.04. The van der Waals surface area contributed by atoms with Crippen LogP contribution in [0, 0.1) is 0 Å². The largest absolute Gasteiger partial charge is 0.493 e. The Labute approximate surface area is 165 Å². The number of halogens is 1. The van der Waals surface area contributed by atoms with Gasteiger partial charge in [0.1, 0.15) is 5.75 Å². The molecule has 0 bridgehead atoms. The van der Waals surface area contributed by atoms with Crippen molar-refractivity contribution in [3.8, 4) is 5.75 Å². The molecule has 0 atom stereocenters. The van der Waals surface area contributed by atoms with Crippen LogP contribution in [-0.4, -0.2) is 36.5 Å². The van der Waals surface area contributed by atoms with Crippen molar-refractivity contribution in [2.75, 3.05) is 19.7 Å². The van der Waals surface area contributed by atoms with Crippen LogP contribution in [0.15, 0.2) is 42.5 Å². The summed E-state index contributed by atoms with van der Waals surface area (Å²) in [4.78, 5) is 14.9. The van der Waals surface area contributed by atoms with Gasteiger partial charge in [0.25, 0.3) is 0 Å². The van der Waals surface area contributed by atoms with Crippen LogP contribution in [-0.2, 0) is 24.2 Å². The number of hydrogen-bond donors (Lipinski definition) is 1. The highest BCUT2D eigenvalue weighted by atomic mass is 35.5. The number of carbonyl (C=O) groups excluding carboxylic acids is 1. The fourth-order valence-electron chi connectivity index (χ4n) is 3.90. The maximum Gasteiger partial charge on any atom is 0.224 e. The molecular formula is C22H25ClN2O2. The third-order valence-corrected chi connectivity index (χ3v) is 5.64. The van der Waals surface area contributed by atoms with Gasteiger partial charge < -0.3 is 10.1 Å². The van der Waals surface area contributed by atoms with E-state index >= 15 is 0 Å². The van der Waals surface area contributed by atoms with E-state index in [1.165, 1.54) is 11.1 Å². The van der Waals surface area contributed by atoms with Gasteiger partial charge in [-0.3, -0.25) is 9.69 Å². The number of fused-ring (bicyclic) bond motifs is 1. The Morgan fingerprint density at radius 1 is 1.11 bits per heavy atom. The first kappa shape index (κ1) is 18.3. The van der Waals surface area contributed by atoms with Crippen molar-refractivity contribution in [1.29, 1.82) is 0 Å². The van der Waals surface area contributed by atoms with E-state index < -0.39 is 0 Å². The van der Waals surface area contributed by atoms with E-state index in [0.29, 0.717) is 6.42 Å². The summed E-state index contributed by atoms with van der Waals surface area (Å²) >= 11 is 5.95. The molecule has 27 heavy (non-hydrogen) atoms. The van der Waals surface area contributed by atoms with E-state index in [1.54, 1.807) is 0 Å². The average molecular weight is 385 g/mol. The van der Waals surface area contributed by atoms with Crippen molar-refractivity contribution in [3.05, 3.63) is 64.2 Å². The molecule has 2 aliphatic heterocycles.